The molecule has 0 fully saturated rings. The van der Waals surface area contributed by atoms with Crippen molar-refractivity contribution in [2.45, 2.75) is 31.2 Å². The highest BCUT2D eigenvalue weighted by Gasteiger charge is 2.27. The molecular weight excluding hydrogens is 341 g/mol. The maximum absolute atomic E-state index is 13.7. The second kappa shape index (κ2) is 5.18. The fraction of sp³-hybridized carbons (Fsp3) is 0.364. The molecule has 0 saturated heterocycles. The zero-order valence-corrected chi connectivity index (χ0v) is 12.9. The van der Waals surface area contributed by atoms with Crippen molar-refractivity contribution in [2.75, 3.05) is 0 Å². The molecule has 5 nitrogen and oxygen atoms in total. The Hall–Kier alpha value is -0.990. The Kier molecular flexibility index (Phi) is 4.38. The number of rotatable bonds is 3. The molecule has 0 unspecified atom stereocenters. The average Bonchev–Trinajstić information content (AvgIpc) is 2.11. The van der Waals surface area contributed by atoms with Crippen LogP contribution in [0.1, 0.15) is 31.1 Å². The molecule has 0 bridgehead atoms. The molecule has 0 aliphatic rings. The van der Waals surface area contributed by atoms with Crippen LogP contribution in [-0.4, -0.2) is 25.0 Å². The van der Waals surface area contributed by atoms with E-state index in [1.54, 1.807) is 20.8 Å². The lowest BCUT2D eigenvalue weighted by molar-refractivity contribution is 0.0695. The SMILES string of the molecule is CC(C)(C)NS(=O)(=O)c1cc(C(=O)O)c(Br)cc1F. The summed E-state index contributed by atoms with van der Waals surface area (Å²) < 4.78 is 40.0. The first-order chi connectivity index (χ1) is 8.44. The highest BCUT2D eigenvalue weighted by Crippen LogP contribution is 2.25. The molecule has 2 N–H and O–H groups in total. The maximum Gasteiger partial charge on any atom is 0.336 e. The van der Waals surface area contributed by atoms with Gasteiger partial charge in [0.1, 0.15) is 10.7 Å². The molecule has 0 aliphatic carbocycles. The molecule has 0 radical (unpaired) electrons. The molecule has 1 aromatic carbocycles. The number of hydrogen-bond acceptors (Lipinski definition) is 3. The van der Waals surface area contributed by atoms with E-state index in [2.05, 4.69) is 20.7 Å². The zero-order chi connectivity index (χ0) is 15.0. The predicted octanol–water partition coefficient (Wildman–Crippen LogP) is 2.36. The number of aromatic carboxylic acids is 1. The van der Waals surface area contributed by atoms with Gasteiger partial charge in [0, 0.05) is 10.0 Å². The van der Waals surface area contributed by atoms with Gasteiger partial charge in [-0.2, -0.15) is 0 Å². The van der Waals surface area contributed by atoms with Gasteiger partial charge >= 0.3 is 5.97 Å². The molecule has 19 heavy (non-hydrogen) atoms. The first kappa shape index (κ1) is 16.1. The van der Waals surface area contributed by atoms with Crippen molar-refractivity contribution in [3.8, 4) is 0 Å². The monoisotopic (exact) mass is 353 g/mol. The maximum atomic E-state index is 13.7. The molecule has 0 aromatic heterocycles. The highest BCUT2D eigenvalue weighted by molar-refractivity contribution is 9.10. The van der Waals surface area contributed by atoms with Crippen LogP contribution in [-0.2, 0) is 10.0 Å². The number of carboxylic acid groups (broad SMARTS) is 1. The summed E-state index contributed by atoms with van der Waals surface area (Å²) in [5.41, 5.74) is -1.13. The summed E-state index contributed by atoms with van der Waals surface area (Å²) in [7, 11) is -4.13. The van der Waals surface area contributed by atoms with Crippen LogP contribution in [0.15, 0.2) is 21.5 Å². The summed E-state index contributed by atoms with van der Waals surface area (Å²) in [6.07, 6.45) is 0. The van der Waals surface area contributed by atoms with Crippen LogP contribution < -0.4 is 4.72 Å². The average molecular weight is 354 g/mol. The third-order valence-electron chi connectivity index (χ3n) is 1.98. The highest BCUT2D eigenvalue weighted by atomic mass is 79.9. The van der Waals surface area contributed by atoms with E-state index in [0.29, 0.717) is 0 Å². The molecular formula is C11H13BrFNO4S. The Morgan fingerprint density at radius 1 is 1.37 bits per heavy atom. The Labute approximate surface area is 119 Å². The van der Waals surface area contributed by atoms with Crippen LogP contribution >= 0.6 is 15.9 Å². The van der Waals surface area contributed by atoms with Gasteiger partial charge in [0.15, 0.2) is 0 Å². The Balaban J connectivity index is 3.43. The van der Waals surface area contributed by atoms with E-state index in [-0.39, 0.29) is 10.0 Å². The summed E-state index contributed by atoms with van der Waals surface area (Å²) in [6, 6.07) is 1.61. The second-order valence-electron chi connectivity index (χ2n) is 4.92. The van der Waals surface area contributed by atoms with Crippen molar-refractivity contribution in [3.63, 3.8) is 0 Å². The van der Waals surface area contributed by atoms with Crippen LogP contribution in [0.3, 0.4) is 0 Å². The fourth-order valence-electron chi connectivity index (χ4n) is 1.36. The number of benzene rings is 1. The van der Waals surface area contributed by atoms with E-state index in [0.717, 1.165) is 12.1 Å². The van der Waals surface area contributed by atoms with E-state index in [1.807, 2.05) is 0 Å². The lowest BCUT2D eigenvalue weighted by atomic mass is 10.1. The van der Waals surface area contributed by atoms with E-state index < -0.39 is 32.2 Å². The largest absolute Gasteiger partial charge is 0.478 e. The predicted molar refractivity (Wildman–Crippen MR) is 71.1 cm³/mol. The number of hydrogen-bond donors (Lipinski definition) is 2. The Morgan fingerprint density at radius 3 is 2.32 bits per heavy atom. The molecule has 0 saturated carbocycles. The van der Waals surface area contributed by atoms with Gasteiger partial charge in [-0.25, -0.2) is 22.3 Å². The number of nitrogens with one attached hydrogen (secondary N) is 1. The number of carbonyl (C=O) groups is 1. The number of sulfonamides is 1. The van der Waals surface area contributed by atoms with E-state index in [4.69, 9.17) is 5.11 Å². The Bertz CT molecular complexity index is 622. The van der Waals surface area contributed by atoms with Gasteiger partial charge in [0.2, 0.25) is 10.0 Å². The minimum atomic E-state index is -4.13. The first-order valence-electron chi connectivity index (χ1n) is 5.20. The van der Waals surface area contributed by atoms with Crippen molar-refractivity contribution < 1.29 is 22.7 Å². The molecule has 0 heterocycles. The zero-order valence-electron chi connectivity index (χ0n) is 10.5. The van der Waals surface area contributed by atoms with Crippen LogP contribution in [0, 0.1) is 5.82 Å². The van der Waals surface area contributed by atoms with E-state index >= 15 is 0 Å². The van der Waals surface area contributed by atoms with Crippen LogP contribution in [0.5, 0.6) is 0 Å². The summed E-state index contributed by atoms with van der Waals surface area (Å²) in [5, 5.41) is 8.91. The van der Waals surface area contributed by atoms with E-state index in [9.17, 15) is 17.6 Å². The van der Waals surface area contributed by atoms with Gasteiger partial charge in [-0.05, 0) is 48.8 Å². The van der Waals surface area contributed by atoms with Crippen LogP contribution in [0.25, 0.3) is 0 Å². The van der Waals surface area contributed by atoms with Crippen molar-refractivity contribution >= 4 is 31.9 Å². The minimum Gasteiger partial charge on any atom is -0.478 e. The lowest BCUT2D eigenvalue weighted by Crippen LogP contribution is -2.40. The third kappa shape index (κ3) is 3.99. The van der Waals surface area contributed by atoms with Crippen molar-refractivity contribution in [1.82, 2.24) is 4.72 Å². The topological polar surface area (TPSA) is 83.5 Å². The van der Waals surface area contributed by atoms with Crippen molar-refractivity contribution in [1.29, 1.82) is 0 Å². The standard InChI is InChI=1S/C11H13BrFNO4S/c1-11(2,3)14-19(17,18)9-4-6(10(15)16)7(12)5-8(9)13/h4-5,14H,1-3H3,(H,15,16). The molecule has 1 aromatic rings. The van der Waals surface area contributed by atoms with Crippen LogP contribution in [0.4, 0.5) is 4.39 Å². The lowest BCUT2D eigenvalue weighted by Gasteiger charge is -2.20. The summed E-state index contributed by atoms with van der Waals surface area (Å²) >= 11 is 2.87. The first-order valence-corrected chi connectivity index (χ1v) is 7.48. The Morgan fingerprint density at radius 2 is 1.89 bits per heavy atom. The van der Waals surface area contributed by atoms with Gasteiger partial charge in [0.05, 0.1) is 5.56 Å². The molecule has 0 aliphatic heterocycles. The number of carboxylic acids is 1. The van der Waals surface area contributed by atoms with Gasteiger partial charge in [-0.3, -0.25) is 0 Å². The van der Waals surface area contributed by atoms with Gasteiger partial charge in [0.25, 0.3) is 0 Å². The molecule has 8 heteroatoms. The molecule has 0 spiro atoms. The van der Waals surface area contributed by atoms with Gasteiger partial charge < -0.3 is 5.11 Å². The summed E-state index contributed by atoms with van der Waals surface area (Å²) in [4.78, 5) is 10.2. The third-order valence-corrected chi connectivity index (χ3v) is 4.41. The second-order valence-corrected chi connectivity index (χ2v) is 7.43. The van der Waals surface area contributed by atoms with E-state index in [1.165, 1.54) is 0 Å². The normalized spacial score (nSPS) is 12.5. The minimum absolute atomic E-state index is 0.0211. The molecule has 0 amide bonds. The van der Waals surface area contributed by atoms with Crippen LogP contribution in [0.2, 0.25) is 0 Å². The summed E-state index contributed by atoms with van der Waals surface area (Å²) in [6.45, 7) is 4.79. The molecule has 106 valence electrons. The van der Waals surface area contributed by atoms with Gasteiger partial charge in [-0.15, -0.1) is 0 Å². The van der Waals surface area contributed by atoms with Crippen molar-refractivity contribution in [3.05, 3.63) is 28.0 Å². The molecule has 1 rings (SSSR count). The fourth-order valence-corrected chi connectivity index (χ4v) is 3.35. The quantitative estimate of drug-likeness (QED) is 0.873. The summed E-state index contributed by atoms with van der Waals surface area (Å²) in [5.74, 6) is -2.37. The molecule has 0 atom stereocenters. The number of halogens is 2. The van der Waals surface area contributed by atoms with Crippen molar-refractivity contribution in [2.24, 2.45) is 0 Å². The van der Waals surface area contributed by atoms with Gasteiger partial charge in [-0.1, -0.05) is 0 Å². The smallest absolute Gasteiger partial charge is 0.336 e.